The van der Waals surface area contributed by atoms with Gasteiger partial charge in [-0.2, -0.15) is 0 Å². The van der Waals surface area contributed by atoms with E-state index in [4.69, 9.17) is 14.2 Å². The van der Waals surface area contributed by atoms with E-state index in [-0.39, 0.29) is 24.5 Å². The van der Waals surface area contributed by atoms with Crippen LogP contribution in [0.15, 0.2) is 109 Å². The first-order chi connectivity index (χ1) is 25.7. The van der Waals surface area contributed by atoms with Crippen molar-refractivity contribution in [2.24, 2.45) is 0 Å². The summed E-state index contributed by atoms with van der Waals surface area (Å²) in [5, 5.41) is 15.7. The van der Waals surface area contributed by atoms with Crippen LogP contribution < -0.4 is 15.5 Å². The first kappa shape index (κ1) is 36.3. The molecule has 0 bridgehead atoms. The number of esters is 1. The van der Waals surface area contributed by atoms with Crippen LogP contribution in [-0.2, 0) is 35.2 Å². The molecule has 7 rings (SSSR count). The zero-order valence-electron chi connectivity index (χ0n) is 30.0. The van der Waals surface area contributed by atoms with Gasteiger partial charge in [0.25, 0.3) is 5.91 Å². The van der Waals surface area contributed by atoms with Gasteiger partial charge in [-0.05, 0) is 60.7 Å². The number of carbonyl (C=O) groups is 3. The Kier molecular flexibility index (Phi) is 10.9. The molecule has 0 aromatic heterocycles. The number of piperidine rings is 1. The van der Waals surface area contributed by atoms with Gasteiger partial charge in [0.05, 0.1) is 25.5 Å². The summed E-state index contributed by atoms with van der Waals surface area (Å²) in [4.78, 5) is 42.3. The number of ether oxygens (including phenoxy) is 3. The van der Waals surface area contributed by atoms with Crippen LogP contribution in [0.4, 0.5) is 11.4 Å². The fraction of sp³-hybridized carbons (Fsp3) is 0.357. The molecule has 2 amide bonds. The minimum Gasteiger partial charge on any atom is -0.453 e. The van der Waals surface area contributed by atoms with E-state index in [9.17, 15) is 19.5 Å². The molecule has 1 spiro atoms. The van der Waals surface area contributed by atoms with Crippen LogP contribution in [0.2, 0.25) is 0 Å². The van der Waals surface area contributed by atoms with Crippen molar-refractivity contribution in [3.63, 3.8) is 0 Å². The highest BCUT2D eigenvalue weighted by Crippen LogP contribution is 2.48. The van der Waals surface area contributed by atoms with Crippen LogP contribution in [0.3, 0.4) is 0 Å². The average molecular weight is 719 g/mol. The van der Waals surface area contributed by atoms with E-state index in [0.717, 1.165) is 27.9 Å². The Morgan fingerprint density at radius 1 is 0.906 bits per heavy atom. The summed E-state index contributed by atoms with van der Waals surface area (Å²) >= 11 is 0. The number of carbonyl (C=O) groups excluding carboxylic acids is 3. The van der Waals surface area contributed by atoms with Crippen molar-refractivity contribution in [3.05, 3.63) is 131 Å². The van der Waals surface area contributed by atoms with Crippen LogP contribution >= 0.6 is 0 Å². The Bertz CT molecular complexity index is 1880. The molecule has 4 aromatic rings. The summed E-state index contributed by atoms with van der Waals surface area (Å²) in [6, 6.07) is 35.5. The third kappa shape index (κ3) is 7.84. The van der Waals surface area contributed by atoms with E-state index in [1.165, 1.54) is 13.8 Å². The summed E-state index contributed by atoms with van der Waals surface area (Å²) in [5.74, 6) is -1.10. The lowest BCUT2D eigenvalue weighted by molar-refractivity contribution is -0.264. The van der Waals surface area contributed by atoms with Gasteiger partial charge in [0.1, 0.15) is 5.54 Å². The molecule has 276 valence electrons. The monoisotopic (exact) mass is 718 g/mol. The van der Waals surface area contributed by atoms with Crippen molar-refractivity contribution < 1.29 is 33.7 Å². The fourth-order valence-corrected chi connectivity index (χ4v) is 7.87. The highest BCUT2D eigenvalue weighted by Gasteiger charge is 2.51. The topological polar surface area (TPSA) is 130 Å². The van der Waals surface area contributed by atoms with Gasteiger partial charge in [0.2, 0.25) is 5.91 Å². The van der Waals surface area contributed by atoms with Crippen molar-refractivity contribution in [2.75, 3.05) is 36.5 Å². The van der Waals surface area contributed by atoms with Crippen molar-refractivity contribution in [2.45, 2.75) is 69.4 Å². The van der Waals surface area contributed by atoms with Crippen LogP contribution in [0.1, 0.15) is 67.3 Å². The number of aliphatic hydroxyl groups is 1. The summed E-state index contributed by atoms with van der Waals surface area (Å²) in [6.07, 6.45) is -1.12. The third-order valence-corrected chi connectivity index (χ3v) is 10.6. The molecule has 5 unspecified atom stereocenters. The number of para-hydroxylation sites is 1. The van der Waals surface area contributed by atoms with Gasteiger partial charge in [-0.3, -0.25) is 14.4 Å². The minimum absolute atomic E-state index is 0.0625. The molecular weight excluding hydrogens is 672 g/mol. The average Bonchev–Trinajstić information content (AvgIpc) is 3.50. The maximum atomic E-state index is 13.4. The predicted molar refractivity (Wildman–Crippen MR) is 200 cm³/mol. The Morgan fingerprint density at radius 2 is 1.58 bits per heavy atom. The number of benzene rings is 4. The van der Waals surface area contributed by atoms with E-state index in [2.05, 4.69) is 44.7 Å². The smallest absolute Gasteiger partial charge is 0.303 e. The summed E-state index contributed by atoms with van der Waals surface area (Å²) in [7, 11) is 0. The highest BCUT2D eigenvalue weighted by atomic mass is 16.7. The van der Waals surface area contributed by atoms with Crippen LogP contribution in [0, 0.1) is 0 Å². The number of nitrogens with zero attached hydrogens (tertiary/aromatic N) is 2. The summed E-state index contributed by atoms with van der Waals surface area (Å²) in [6.45, 7) is 5.24. The number of hydrogen-bond acceptors (Lipinski definition) is 9. The Balaban J connectivity index is 1.18. The van der Waals surface area contributed by atoms with E-state index < -0.39 is 35.9 Å². The number of likely N-dealkylation sites (tertiary alicyclic amines) is 1. The molecule has 11 heteroatoms. The van der Waals surface area contributed by atoms with E-state index in [1.807, 2.05) is 78.9 Å². The Labute approximate surface area is 309 Å². The van der Waals surface area contributed by atoms with Crippen LogP contribution in [0.25, 0.3) is 0 Å². The summed E-state index contributed by atoms with van der Waals surface area (Å²) in [5.41, 5.74) is 4.50. The van der Waals surface area contributed by atoms with Gasteiger partial charge in [-0.25, -0.2) is 0 Å². The molecule has 0 aliphatic carbocycles. The van der Waals surface area contributed by atoms with Crippen molar-refractivity contribution in [1.29, 1.82) is 0 Å². The normalized spacial score (nSPS) is 23.3. The fourth-order valence-electron chi connectivity index (χ4n) is 7.87. The number of rotatable bonds is 10. The van der Waals surface area contributed by atoms with Crippen molar-refractivity contribution in [3.8, 4) is 0 Å². The lowest BCUT2D eigenvalue weighted by Gasteiger charge is -2.47. The van der Waals surface area contributed by atoms with Crippen LogP contribution in [0.5, 0.6) is 0 Å². The van der Waals surface area contributed by atoms with E-state index >= 15 is 0 Å². The zero-order valence-corrected chi connectivity index (χ0v) is 30.0. The third-order valence-electron chi connectivity index (χ3n) is 10.6. The predicted octanol–water partition coefficient (Wildman–Crippen LogP) is 5.44. The molecule has 3 fully saturated rings. The van der Waals surface area contributed by atoms with Crippen molar-refractivity contribution in [1.82, 2.24) is 10.2 Å². The molecule has 3 saturated heterocycles. The molecule has 3 aliphatic rings. The van der Waals surface area contributed by atoms with Gasteiger partial charge in [-0.1, -0.05) is 84.9 Å². The molecule has 4 aromatic carbocycles. The van der Waals surface area contributed by atoms with E-state index in [1.54, 1.807) is 6.07 Å². The van der Waals surface area contributed by atoms with E-state index in [0.29, 0.717) is 44.8 Å². The number of amides is 2. The maximum Gasteiger partial charge on any atom is 0.303 e. The van der Waals surface area contributed by atoms with Gasteiger partial charge in [0.15, 0.2) is 12.4 Å². The molecule has 0 saturated carbocycles. The first-order valence-corrected chi connectivity index (χ1v) is 18.2. The first-order valence-electron chi connectivity index (χ1n) is 18.2. The molecule has 3 N–H and O–H groups in total. The number of anilines is 2. The van der Waals surface area contributed by atoms with Gasteiger partial charge in [0, 0.05) is 49.4 Å². The quantitative estimate of drug-likeness (QED) is 0.184. The summed E-state index contributed by atoms with van der Waals surface area (Å²) < 4.78 is 18.9. The molecule has 11 nitrogen and oxygen atoms in total. The standard InChI is InChI=1S/C42H46N4O7/c1-28(51-29(2)48)39(49)44-34-13-9-12-33(24-34)40-52-36(37(31-10-5-3-6-11-31)38(53-40)32-18-16-30(26-47)17-19-32)25-45-22-20-42(21-23-45)41(50)43-27-46(42)35-14-7-4-8-15-35/h3-19,24,28,36-38,40,47H,20-23,25-27H2,1-2H3,(H,43,50)(H,44,49). The number of aliphatic hydroxyl groups excluding tert-OH is 1. The lowest BCUT2D eigenvalue weighted by atomic mass is 9.82. The zero-order chi connectivity index (χ0) is 37.0. The second-order valence-corrected chi connectivity index (χ2v) is 14.0. The van der Waals surface area contributed by atoms with Gasteiger partial charge in [-0.15, -0.1) is 0 Å². The largest absolute Gasteiger partial charge is 0.453 e. The molecule has 53 heavy (non-hydrogen) atoms. The Hall–Kier alpha value is -5.07. The highest BCUT2D eigenvalue weighted by molar-refractivity contribution is 5.95. The van der Waals surface area contributed by atoms with Crippen molar-refractivity contribution >= 4 is 29.2 Å². The number of hydrogen-bond donors (Lipinski definition) is 3. The molecule has 5 atom stereocenters. The maximum absolute atomic E-state index is 13.4. The molecule has 3 aliphatic heterocycles. The number of nitrogens with one attached hydrogen (secondary N) is 2. The lowest BCUT2D eigenvalue weighted by Crippen LogP contribution is -2.57. The minimum atomic E-state index is -0.959. The van der Waals surface area contributed by atoms with Gasteiger partial charge < -0.3 is 39.8 Å². The molecular formula is C42H46N4O7. The molecule has 0 radical (unpaired) electrons. The SMILES string of the molecule is CC(=O)OC(C)C(=O)Nc1cccc(C2OC(CN3CCC4(CC3)C(=O)NCN4c3ccccc3)C(c3ccccc3)C(c3ccc(CO)cc3)O2)c1. The second kappa shape index (κ2) is 15.9. The van der Waals surface area contributed by atoms with Crippen LogP contribution in [-0.4, -0.2) is 71.8 Å². The second-order valence-electron chi connectivity index (χ2n) is 14.0. The Morgan fingerprint density at radius 3 is 2.26 bits per heavy atom. The molecule has 3 heterocycles. The van der Waals surface area contributed by atoms with Gasteiger partial charge >= 0.3 is 5.97 Å².